The van der Waals surface area contributed by atoms with Crippen LogP contribution >= 0.6 is 15.9 Å². The van der Waals surface area contributed by atoms with Crippen LogP contribution in [0.15, 0.2) is 40.9 Å². The lowest BCUT2D eigenvalue weighted by atomic mass is 9.71. The second-order valence-electron chi connectivity index (χ2n) is 7.39. The number of carbonyl (C=O) groups is 1. The van der Waals surface area contributed by atoms with E-state index in [1.807, 2.05) is 50.2 Å². The Morgan fingerprint density at radius 2 is 1.88 bits per heavy atom. The average molecular weight is 398 g/mol. The van der Waals surface area contributed by atoms with E-state index >= 15 is 0 Å². The maximum Gasteiger partial charge on any atom is 0.195 e. The van der Waals surface area contributed by atoms with Gasteiger partial charge in [0, 0.05) is 32.0 Å². The van der Waals surface area contributed by atoms with E-state index < -0.39 is 0 Å². The zero-order valence-electron chi connectivity index (χ0n) is 14.7. The molecule has 1 aliphatic rings. The lowest BCUT2D eigenvalue weighted by Crippen LogP contribution is -2.30. The summed E-state index contributed by atoms with van der Waals surface area (Å²) in [5.41, 5.74) is 4.20. The van der Waals surface area contributed by atoms with Gasteiger partial charge in [-0.05, 0) is 49.7 Å². The van der Waals surface area contributed by atoms with Crippen LogP contribution < -0.4 is 4.74 Å². The van der Waals surface area contributed by atoms with E-state index in [1.165, 1.54) is 0 Å². The second kappa shape index (κ2) is 5.46. The first-order valence-corrected chi connectivity index (χ1v) is 9.26. The lowest BCUT2D eigenvalue weighted by molar-refractivity contribution is 0.103. The highest BCUT2D eigenvalue weighted by molar-refractivity contribution is 9.10. The molecule has 4 rings (SSSR count). The molecule has 0 bridgehead atoms. The summed E-state index contributed by atoms with van der Waals surface area (Å²) in [5, 5.41) is 0.976. The van der Waals surface area contributed by atoms with Crippen LogP contribution in [0.25, 0.3) is 10.9 Å². The largest absolute Gasteiger partial charge is 0.491 e. The van der Waals surface area contributed by atoms with Crippen molar-refractivity contribution in [2.24, 2.45) is 0 Å². The number of carbonyl (C=O) groups excluding carboxylic acids is 1. The Morgan fingerprint density at radius 3 is 2.60 bits per heavy atom. The molecule has 0 saturated heterocycles. The fraction of sp³-hybridized carbons (Fsp3) is 0.286. The number of ketones is 1. The molecule has 0 atom stereocenters. The molecule has 0 fully saturated rings. The van der Waals surface area contributed by atoms with E-state index in [0.717, 1.165) is 43.5 Å². The minimum atomic E-state index is -0.305. The van der Waals surface area contributed by atoms with Crippen LogP contribution in [-0.4, -0.2) is 16.9 Å². The molecule has 1 N–H and O–H groups in total. The van der Waals surface area contributed by atoms with Crippen molar-refractivity contribution < 1.29 is 9.53 Å². The van der Waals surface area contributed by atoms with Gasteiger partial charge in [-0.1, -0.05) is 35.8 Å². The van der Waals surface area contributed by atoms with E-state index in [0.29, 0.717) is 0 Å². The van der Waals surface area contributed by atoms with Gasteiger partial charge in [0.2, 0.25) is 0 Å². The topological polar surface area (TPSA) is 42.1 Å². The zero-order valence-corrected chi connectivity index (χ0v) is 16.3. The van der Waals surface area contributed by atoms with Crippen molar-refractivity contribution in [1.82, 2.24) is 4.98 Å². The van der Waals surface area contributed by atoms with Gasteiger partial charge in [-0.2, -0.15) is 0 Å². The number of ether oxygens (including phenoxy) is 1. The van der Waals surface area contributed by atoms with Crippen LogP contribution in [-0.2, 0) is 5.41 Å². The molecule has 1 heterocycles. The quantitative estimate of drug-likeness (QED) is 0.612. The Morgan fingerprint density at radius 1 is 1.12 bits per heavy atom. The predicted octanol–water partition coefficient (Wildman–Crippen LogP) is 5.59. The number of hydrogen-bond donors (Lipinski definition) is 1. The third-order valence-corrected chi connectivity index (χ3v) is 5.39. The molecular formula is C21H20BrNO2. The fourth-order valence-electron chi connectivity index (χ4n) is 3.73. The molecule has 3 aromatic rings. The van der Waals surface area contributed by atoms with Gasteiger partial charge in [-0.25, -0.2) is 0 Å². The highest BCUT2D eigenvalue weighted by Crippen LogP contribution is 2.44. The fourth-order valence-corrected chi connectivity index (χ4v) is 4.09. The maximum atomic E-state index is 13.2. The van der Waals surface area contributed by atoms with Crippen molar-refractivity contribution in [3.05, 3.63) is 63.3 Å². The summed E-state index contributed by atoms with van der Waals surface area (Å²) >= 11 is 3.51. The van der Waals surface area contributed by atoms with Crippen molar-refractivity contribution in [2.75, 3.05) is 0 Å². The molecular weight excluding hydrogens is 378 g/mol. The van der Waals surface area contributed by atoms with Crippen LogP contribution in [0.3, 0.4) is 0 Å². The average Bonchev–Trinajstić information content (AvgIpc) is 2.92. The van der Waals surface area contributed by atoms with Gasteiger partial charge in [0.1, 0.15) is 5.75 Å². The highest BCUT2D eigenvalue weighted by atomic mass is 79.9. The zero-order chi connectivity index (χ0) is 17.9. The van der Waals surface area contributed by atoms with Gasteiger partial charge >= 0.3 is 0 Å². The summed E-state index contributed by atoms with van der Waals surface area (Å²) in [5.74, 6) is 0.880. The standard InChI is InChI=1S/C21H20BrNO2/c1-11(2)25-13-6-8-14-16(10-13)21(3,4)20-18(19(14)24)15-7-5-12(22)9-17(15)23-20/h5-11,23H,1-4H3. The SMILES string of the molecule is CC(C)Oc1ccc2c(c1)C(C)(C)c1[nH]c3cc(Br)ccc3c1C2=O. The molecule has 1 aliphatic carbocycles. The number of nitrogens with one attached hydrogen (secondary N) is 1. The molecule has 2 aromatic carbocycles. The van der Waals surface area contributed by atoms with Crippen LogP contribution in [0.5, 0.6) is 5.75 Å². The Labute approximate surface area is 155 Å². The number of benzene rings is 2. The summed E-state index contributed by atoms with van der Waals surface area (Å²) in [7, 11) is 0. The number of rotatable bonds is 2. The van der Waals surface area contributed by atoms with Gasteiger partial charge < -0.3 is 9.72 Å². The first-order chi connectivity index (χ1) is 11.8. The minimum Gasteiger partial charge on any atom is -0.491 e. The second-order valence-corrected chi connectivity index (χ2v) is 8.31. The lowest BCUT2D eigenvalue weighted by Gasteiger charge is -2.32. The monoisotopic (exact) mass is 397 g/mol. The summed E-state index contributed by atoms with van der Waals surface area (Å²) in [4.78, 5) is 16.7. The number of aromatic nitrogens is 1. The molecule has 0 spiro atoms. The minimum absolute atomic E-state index is 0.0778. The molecule has 0 unspecified atom stereocenters. The summed E-state index contributed by atoms with van der Waals surface area (Å²) in [6.07, 6.45) is 0.0986. The van der Waals surface area contributed by atoms with E-state index in [-0.39, 0.29) is 17.3 Å². The molecule has 1 aromatic heterocycles. The molecule has 0 aliphatic heterocycles. The molecule has 0 saturated carbocycles. The molecule has 4 heteroatoms. The summed E-state index contributed by atoms with van der Waals surface area (Å²) < 4.78 is 6.84. The molecule has 0 amide bonds. The normalized spacial score (nSPS) is 15.4. The van der Waals surface area contributed by atoms with E-state index in [1.54, 1.807) is 0 Å². The Kier molecular flexibility index (Phi) is 3.58. The van der Waals surface area contributed by atoms with Crippen LogP contribution in [0.1, 0.15) is 54.9 Å². The number of hydrogen-bond acceptors (Lipinski definition) is 2. The van der Waals surface area contributed by atoms with Crippen molar-refractivity contribution in [1.29, 1.82) is 0 Å². The Hall–Kier alpha value is -2.07. The molecule has 25 heavy (non-hydrogen) atoms. The number of aromatic amines is 1. The molecule has 0 radical (unpaired) electrons. The van der Waals surface area contributed by atoms with Crippen molar-refractivity contribution >= 4 is 32.6 Å². The van der Waals surface area contributed by atoms with Crippen molar-refractivity contribution in [2.45, 2.75) is 39.2 Å². The first-order valence-electron chi connectivity index (χ1n) is 8.46. The maximum absolute atomic E-state index is 13.2. The van der Waals surface area contributed by atoms with E-state index in [9.17, 15) is 4.79 Å². The molecule has 3 nitrogen and oxygen atoms in total. The van der Waals surface area contributed by atoms with Gasteiger partial charge in [0.05, 0.1) is 11.7 Å². The number of halogens is 1. The van der Waals surface area contributed by atoms with Gasteiger partial charge in [-0.3, -0.25) is 4.79 Å². The predicted molar refractivity (Wildman–Crippen MR) is 104 cm³/mol. The highest BCUT2D eigenvalue weighted by Gasteiger charge is 2.39. The number of fused-ring (bicyclic) bond motifs is 4. The Balaban J connectivity index is 1.97. The molecule has 128 valence electrons. The number of H-pyrrole nitrogens is 1. The van der Waals surface area contributed by atoms with Gasteiger partial charge in [0.25, 0.3) is 0 Å². The third kappa shape index (κ3) is 2.43. The third-order valence-electron chi connectivity index (χ3n) is 4.89. The summed E-state index contributed by atoms with van der Waals surface area (Å²) in [6.45, 7) is 8.31. The van der Waals surface area contributed by atoms with E-state index in [2.05, 4.69) is 34.8 Å². The van der Waals surface area contributed by atoms with Crippen molar-refractivity contribution in [3.8, 4) is 5.75 Å². The first kappa shape index (κ1) is 16.4. The van der Waals surface area contributed by atoms with Crippen molar-refractivity contribution in [3.63, 3.8) is 0 Å². The van der Waals surface area contributed by atoms with Crippen LogP contribution in [0.4, 0.5) is 0 Å². The van der Waals surface area contributed by atoms with Crippen LogP contribution in [0.2, 0.25) is 0 Å². The van der Waals surface area contributed by atoms with Crippen LogP contribution in [0, 0.1) is 0 Å². The van der Waals surface area contributed by atoms with Gasteiger partial charge in [0.15, 0.2) is 5.78 Å². The smallest absolute Gasteiger partial charge is 0.195 e. The van der Waals surface area contributed by atoms with Gasteiger partial charge in [-0.15, -0.1) is 0 Å². The Bertz CT molecular complexity index is 1010. The summed E-state index contributed by atoms with van der Waals surface area (Å²) in [6, 6.07) is 11.8. The van der Waals surface area contributed by atoms with E-state index in [4.69, 9.17) is 4.74 Å².